The second kappa shape index (κ2) is 7.10. The van der Waals surface area contributed by atoms with Crippen molar-refractivity contribution >= 4 is 10.9 Å². The molecule has 2 aliphatic rings. The highest BCUT2D eigenvalue weighted by atomic mass is 16.5. The summed E-state index contributed by atoms with van der Waals surface area (Å²) in [4.78, 5) is 3.83. The van der Waals surface area contributed by atoms with Crippen molar-refractivity contribution in [2.24, 2.45) is 5.92 Å². The fourth-order valence-corrected chi connectivity index (χ4v) is 5.78. The summed E-state index contributed by atoms with van der Waals surface area (Å²) < 4.78 is 11.4. The number of para-hydroxylation sites is 2. The minimum absolute atomic E-state index is 0.0502. The van der Waals surface area contributed by atoms with E-state index in [4.69, 9.17) is 9.47 Å². The van der Waals surface area contributed by atoms with E-state index in [1.807, 2.05) is 6.07 Å². The molecule has 0 unspecified atom stereocenters. The number of methoxy groups -OCH3 is 2. The molecular weight excluding hydrogens is 360 g/mol. The van der Waals surface area contributed by atoms with Crippen molar-refractivity contribution in [1.29, 1.82) is 0 Å². The van der Waals surface area contributed by atoms with Gasteiger partial charge in [-0.3, -0.25) is 0 Å². The topological polar surface area (TPSA) is 46.3 Å². The number of H-pyrrole nitrogens is 1. The zero-order valence-corrected chi connectivity index (χ0v) is 17.5. The van der Waals surface area contributed by atoms with E-state index >= 15 is 0 Å². The number of aromatic amines is 1. The van der Waals surface area contributed by atoms with Crippen LogP contribution in [0.25, 0.3) is 10.9 Å². The number of rotatable bonds is 3. The van der Waals surface area contributed by atoms with E-state index in [-0.39, 0.29) is 11.5 Å². The molecule has 4 heteroatoms. The van der Waals surface area contributed by atoms with E-state index in [2.05, 4.69) is 53.6 Å². The molecule has 0 radical (unpaired) electrons. The lowest BCUT2D eigenvalue weighted by molar-refractivity contribution is 0.171. The van der Waals surface area contributed by atoms with Crippen LogP contribution in [0.2, 0.25) is 0 Å². The first-order chi connectivity index (χ1) is 14.2. The first kappa shape index (κ1) is 18.6. The van der Waals surface area contributed by atoms with Crippen LogP contribution in [0.1, 0.15) is 55.3 Å². The number of hydrogen-bond acceptors (Lipinski definition) is 3. The number of aromatic nitrogens is 1. The van der Waals surface area contributed by atoms with Gasteiger partial charge in [0.2, 0.25) is 0 Å². The molecule has 0 bridgehead atoms. The zero-order chi connectivity index (χ0) is 20.0. The Balaban J connectivity index is 1.73. The standard InChI is InChI=1S/C25H30N2O2/c1-16-8-7-13-25(14-16)24-22(18-9-4-5-11-20(18)27-24)19(15-26-25)17-10-6-12-21(28-2)23(17)29-3/h4-6,9-12,16,19,26-27H,7-8,13-15H2,1-3H3/t16-,19-,25+/m0/s1. The van der Waals surface area contributed by atoms with Gasteiger partial charge < -0.3 is 19.8 Å². The highest BCUT2D eigenvalue weighted by molar-refractivity contribution is 5.87. The highest BCUT2D eigenvalue weighted by Gasteiger charge is 2.45. The molecule has 1 spiro atoms. The maximum absolute atomic E-state index is 5.82. The number of hydrogen-bond donors (Lipinski definition) is 2. The van der Waals surface area contributed by atoms with Gasteiger partial charge in [0.1, 0.15) is 0 Å². The van der Waals surface area contributed by atoms with Gasteiger partial charge in [0.05, 0.1) is 19.8 Å². The molecule has 4 nitrogen and oxygen atoms in total. The summed E-state index contributed by atoms with van der Waals surface area (Å²) in [6.07, 6.45) is 4.98. The normalized spacial score (nSPS) is 26.4. The number of fused-ring (bicyclic) bond motifs is 4. The molecule has 3 aromatic rings. The zero-order valence-electron chi connectivity index (χ0n) is 17.5. The predicted octanol–water partition coefficient (Wildman–Crippen LogP) is 5.33. The van der Waals surface area contributed by atoms with E-state index in [9.17, 15) is 0 Å². The Hall–Kier alpha value is -2.46. The van der Waals surface area contributed by atoms with Gasteiger partial charge in [-0.1, -0.05) is 50.1 Å². The van der Waals surface area contributed by atoms with Crippen LogP contribution in [0.15, 0.2) is 42.5 Å². The summed E-state index contributed by atoms with van der Waals surface area (Å²) in [5.74, 6) is 2.58. The smallest absolute Gasteiger partial charge is 0.164 e. The molecule has 152 valence electrons. The van der Waals surface area contributed by atoms with Crippen LogP contribution in [0.5, 0.6) is 11.5 Å². The number of ether oxygens (including phenoxy) is 2. The lowest BCUT2D eigenvalue weighted by atomic mass is 9.69. The van der Waals surface area contributed by atoms with Gasteiger partial charge >= 0.3 is 0 Å². The lowest BCUT2D eigenvalue weighted by Gasteiger charge is -2.46. The van der Waals surface area contributed by atoms with Crippen molar-refractivity contribution in [1.82, 2.24) is 10.3 Å². The monoisotopic (exact) mass is 390 g/mol. The Morgan fingerprint density at radius 3 is 2.69 bits per heavy atom. The summed E-state index contributed by atoms with van der Waals surface area (Å²) in [5.41, 5.74) is 5.27. The number of nitrogens with one attached hydrogen (secondary N) is 2. The summed E-state index contributed by atoms with van der Waals surface area (Å²) in [6.45, 7) is 3.30. The quantitative estimate of drug-likeness (QED) is 0.636. The third kappa shape index (κ3) is 2.84. The van der Waals surface area contributed by atoms with Crippen LogP contribution < -0.4 is 14.8 Å². The highest BCUT2D eigenvalue weighted by Crippen LogP contribution is 2.50. The van der Waals surface area contributed by atoms with Crippen molar-refractivity contribution in [2.75, 3.05) is 20.8 Å². The minimum atomic E-state index is 0.0502. The Morgan fingerprint density at radius 1 is 1.03 bits per heavy atom. The van der Waals surface area contributed by atoms with Crippen LogP contribution in [0, 0.1) is 5.92 Å². The van der Waals surface area contributed by atoms with Crippen molar-refractivity contribution in [3.05, 3.63) is 59.3 Å². The predicted molar refractivity (Wildman–Crippen MR) is 117 cm³/mol. The van der Waals surface area contributed by atoms with Crippen LogP contribution in [-0.2, 0) is 5.54 Å². The van der Waals surface area contributed by atoms with Gasteiger partial charge in [-0.2, -0.15) is 0 Å². The maximum atomic E-state index is 5.82. The summed E-state index contributed by atoms with van der Waals surface area (Å²) >= 11 is 0. The van der Waals surface area contributed by atoms with E-state index in [1.54, 1.807) is 14.2 Å². The molecule has 2 N–H and O–H groups in total. The Kier molecular flexibility index (Phi) is 4.54. The van der Waals surface area contributed by atoms with Gasteiger partial charge in [-0.15, -0.1) is 0 Å². The Labute approximate surface area is 172 Å². The molecule has 1 saturated carbocycles. The molecule has 2 heterocycles. The van der Waals surface area contributed by atoms with E-state index in [0.29, 0.717) is 0 Å². The average molecular weight is 391 g/mol. The van der Waals surface area contributed by atoms with E-state index in [0.717, 1.165) is 24.0 Å². The Bertz CT molecular complexity index is 1040. The third-order valence-electron chi connectivity index (χ3n) is 7.02. The van der Waals surface area contributed by atoms with Crippen molar-refractivity contribution < 1.29 is 9.47 Å². The largest absolute Gasteiger partial charge is 0.493 e. The van der Waals surface area contributed by atoms with Crippen LogP contribution in [0.4, 0.5) is 0 Å². The van der Waals surface area contributed by atoms with E-state index in [1.165, 1.54) is 53.4 Å². The van der Waals surface area contributed by atoms with Gasteiger partial charge in [-0.25, -0.2) is 0 Å². The fourth-order valence-electron chi connectivity index (χ4n) is 5.78. The molecule has 3 atom stereocenters. The van der Waals surface area contributed by atoms with Gasteiger partial charge in [0, 0.05) is 34.6 Å². The van der Waals surface area contributed by atoms with Gasteiger partial charge in [-0.05, 0) is 36.5 Å². The summed E-state index contributed by atoms with van der Waals surface area (Å²) in [7, 11) is 3.44. The first-order valence-corrected chi connectivity index (χ1v) is 10.7. The Morgan fingerprint density at radius 2 is 1.90 bits per heavy atom. The molecule has 1 fully saturated rings. The summed E-state index contributed by atoms with van der Waals surface area (Å²) in [5, 5.41) is 5.32. The molecule has 0 saturated heterocycles. The molecule has 5 rings (SSSR count). The van der Waals surface area contributed by atoms with Crippen LogP contribution >= 0.6 is 0 Å². The minimum Gasteiger partial charge on any atom is -0.493 e. The molecule has 1 aromatic heterocycles. The molecule has 0 amide bonds. The van der Waals surface area contributed by atoms with Crippen molar-refractivity contribution in [3.8, 4) is 11.5 Å². The molecule has 29 heavy (non-hydrogen) atoms. The van der Waals surface area contributed by atoms with Crippen LogP contribution in [0.3, 0.4) is 0 Å². The maximum Gasteiger partial charge on any atom is 0.164 e. The van der Waals surface area contributed by atoms with Gasteiger partial charge in [0.15, 0.2) is 11.5 Å². The van der Waals surface area contributed by atoms with E-state index < -0.39 is 0 Å². The van der Waals surface area contributed by atoms with Gasteiger partial charge in [0.25, 0.3) is 0 Å². The second-order valence-corrected chi connectivity index (χ2v) is 8.76. The molecular formula is C25H30N2O2. The van der Waals surface area contributed by atoms with Crippen LogP contribution in [-0.4, -0.2) is 25.7 Å². The van der Waals surface area contributed by atoms with Crippen molar-refractivity contribution in [2.45, 2.75) is 44.1 Å². The van der Waals surface area contributed by atoms with Crippen molar-refractivity contribution in [3.63, 3.8) is 0 Å². The molecule has 1 aliphatic carbocycles. The SMILES string of the molecule is COc1cccc([C@@H]2CN[C@@]3(CCC[C@H](C)C3)c3[nH]c4ccccc4c32)c1OC. The number of benzene rings is 2. The molecule has 2 aromatic carbocycles. The fraction of sp³-hybridized carbons (Fsp3) is 0.440. The third-order valence-corrected chi connectivity index (χ3v) is 7.02. The molecule has 1 aliphatic heterocycles. The second-order valence-electron chi connectivity index (χ2n) is 8.76. The average Bonchev–Trinajstić information content (AvgIpc) is 3.15. The summed E-state index contributed by atoms with van der Waals surface area (Å²) in [6, 6.07) is 14.9. The first-order valence-electron chi connectivity index (χ1n) is 10.7. The lowest BCUT2D eigenvalue weighted by Crippen LogP contribution is -2.51.